The lowest BCUT2D eigenvalue weighted by atomic mass is 10.1. The molecule has 4 nitrogen and oxygen atoms in total. The van der Waals surface area contributed by atoms with E-state index in [-0.39, 0.29) is 17.9 Å². The van der Waals surface area contributed by atoms with Gasteiger partial charge < -0.3 is 10.2 Å². The van der Waals surface area contributed by atoms with Crippen molar-refractivity contribution in [3.8, 4) is 0 Å². The van der Waals surface area contributed by atoms with Crippen LogP contribution in [0.1, 0.15) is 38.3 Å². The molecule has 0 heterocycles. The minimum Gasteiger partial charge on any atom is -0.352 e. The van der Waals surface area contributed by atoms with Crippen LogP contribution in [0.4, 0.5) is 0 Å². The molecule has 0 aromatic heterocycles. The molecule has 0 bridgehead atoms. The SMILES string of the molecule is CCC(C(=O)NC(C)C)N(CCc1ccccc1)C(=O)CSc1ccc(C)cc1. The smallest absolute Gasteiger partial charge is 0.242 e. The highest BCUT2D eigenvalue weighted by atomic mass is 32.2. The van der Waals surface area contributed by atoms with Gasteiger partial charge in [0.15, 0.2) is 0 Å². The van der Waals surface area contributed by atoms with Gasteiger partial charge in [0.1, 0.15) is 6.04 Å². The Bertz CT molecular complexity index is 775. The van der Waals surface area contributed by atoms with E-state index in [1.165, 1.54) is 17.3 Å². The first kappa shape index (κ1) is 23.0. The fraction of sp³-hybridized carbons (Fsp3) is 0.417. The van der Waals surface area contributed by atoms with Gasteiger partial charge >= 0.3 is 0 Å². The zero-order chi connectivity index (χ0) is 21.2. The second-order valence-electron chi connectivity index (χ2n) is 7.51. The van der Waals surface area contributed by atoms with Gasteiger partial charge in [0, 0.05) is 17.5 Å². The second-order valence-corrected chi connectivity index (χ2v) is 8.56. The van der Waals surface area contributed by atoms with E-state index in [2.05, 4.69) is 17.4 Å². The van der Waals surface area contributed by atoms with Gasteiger partial charge in [-0.1, -0.05) is 55.0 Å². The van der Waals surface area contributed by atoms with E-state index in [1.807, 2.05) is 70.2 Å². The van der Waals surface area contributed by atoms with Crippen molar-refractivity contribution >= 4 is 23.6 Å². The first-order valence-electron chi connectivity index (χ1n) is 10.2. The number of aryl methyl sites for hydroxylation is 1. The molecule has 0 aliphatic carbocycles. The highest BCUT2D eigenvalue weighted by molar-refractivity contribution is 8.00. The molecule has 0 saturated carbocycles. The van der Waals surface area contributed by atoms with Crippen LogP contribution >= 0.6 is 11.8 Å². The maximum Gasteiger partial charge on any atom is 0.242 e. The highest BCUT2D eigenvalue weighted by Gasteiger charge is 2.28. The number of hydrogen-bond acceptors (Lipinski definition) is 3. The topological polar surface area (TPSA) is 49.4 Å². The van der Waals surface area contributed by atoms with E-state index in [4.69, 9.17) is 0 Å². The number of nitrogens with zero attached hydrogens (tertiary/aromatic N) is 1. The van der Waals surface area contributed by atoms with E-state index in [0.29, 0.717) is 18.7 Å². The van der Waals surface area contributed by atoms with Crippen molar-refractivity contribution < 1.29 is 9.59 Å². The Morgan fingerprint density at radius 3 is 2.28 bits per heavy atom. The van der Waals surface area contributed by atoms with Crippen molar-refractivity contribution in [2.75, 3.05) is 12.3 Å². The normalized spacial score (nSPS) is 11.9. The molecule has 0 aliphatic rings. The minimum atomic E-state index is -0.452. The van der Waals surface area contributed by atoms with Crippen molar-refractivity contribution in [3.63, 3.8) is 0 Å². The van der Waals surface area contributed by atoms with Crippen LogP contribution in [-0.4, -0.2) is 41.1 Å². The van der Waals surface area contributed by atoms with Gasteiger partial charge in [0.2, 0.25) is 11.8 Å². The number of amides is 2. The Balaban J connectivity index is 2.11. The Kier molecular flexibility index (Phi) is 9.26. The Hall–Kier alpha value is -2.27. The van der Waals surface area contributed by atoms with Crippen LogP contribution in [0.2, 0.25) is 0 Å². The molecule has 2 amide bonds. The molecule has 0 saturated heterocycles. The number of thioether (sulfide) groups is 1. The van der Waals surface area contributed by atoms with Crippen LogP contribution in [0.3, 0.4) is 0 Å². The fourth-order valence-corrected chi connectivity index (χ4v) is 3.92. The number of nitrogens with one attached hydrogen (secondary N) is 1. The van der Waals surface area contributed by atoms with E-state index in [0.717, 1.165) is 16.9 Å². The van der Waals surface area contributed by atoms with Gasteiger partial charge in [-0.25, -0.2) is 0 Å². The van der Waals surface area contributed by atoms with E-state index in [9.17, 15) is 9.59 Å². The predicted molar refractivity (Wildman–Crippen MR) is 121 cm³/mol. The lowest BCUT2D eigenvalue weighted by molar-refractivity contribution is -0.139. The quantitative estimate of drug-likeness (QED) is 0.586. The summed E-state index contributed by atoms with van der Waals surface area (Å²) in [4.78, 5) is 28.7. The molecule has 0 spiro atoms. The van der Waals surface area contributed by atoms with E-state index < -0.39 is 6.04 Å². The molecule has 2 rings (SSSR count). The summed E-state index contributed by atoms with van der Waals surface area (Å²) in [6.45, 7) is 8.41. The van der Waals surface area contributed by atoms with Crippen molar-refractivity contribution in [3.05, 3.63) is 65.7 Å². The molecule has 5 heteroatoms. The average molecular weight is 413 g/mol. The monoisotopic (exact) mass is 412 g/mol. The van der Waals surface area contributed by atoms with Gasteiger partial charge in [-0.15, -0.1) is 11.8 Å². The molecule has 0 aliphatic heterocycles. The van der Waals surface area contributed by atoms with Crippen LogP contribution < -0.4 is 5.32 Å². The maximum absolute atomic E-state index is 13.1. The van der Waals surface area contributed by atoms with Gasteiger partial charge in [0.25, 0.3) is 0 Å². The fourth-order valence-electron chi connectivity index (χ4n) is 3.14. The number of benzene rings is 2. The summed E-state index contributed by atoms with van der Waals surface area (Å²) >= 11 is 1.52. The van der Waals surface area contributed by atoms with Gasteiger partial charge in [-0.2, -0.15) is 0 Å². The Morgan fingerprint density at radius 2 is 1.69 bits per heavy atom. The molecule has 2 aromatic rings. The van der Waals surface area contributed by atoms with Crippen molar-refractivity contribution in [2.45, 2.75) is 57.5 Å². The third kappa shape index (κ3) is 7.58. The largest absolute Gasteiger partial charge is 0.352 e. The Labute approximate surface area is 179 Å². The molecule has 0 fully saturated rings. The molecule has 1 unspecified atom stereocenters. The first-order chi connectivity index (χ1) is 13.9. The summed E-state index contributed by atoms with van der Waals surface area (Å²) in [5.74, 6) is 0.241. The molecule has 2 aromatic carbocycles. The molecular formula is C24H32N2O2S. The summed E-state index contributed by atoms with van der Waals surface area (Å²) in [6, 6.07) is 17.8. The summed E-state index contributed by atoms with van der Waals surface area (Å²) in [7, 11) is 0. The first-order valence-corrected chi connectivity index (χ1v) is 11.2. The minimum absolute atomic E-state index is 0.00253. The highest BCUT2D eigenvalue weighted by Crippen LogP contribution is 2.20. The number of rotatable bonds is 10. The molecule has 156 valence electrons. The van der Waals surface area contributed by atoms with Crippen LogP contribution in [0.15, 0.2) is 59.5 Å². The number of hydrogen-bond donors (Lipinski definition) is 1. The average Bonchev–Trinajstić information content (AvgIpc) is 2.70. The van der Waals surface area contributed by atoms with Gasteiger partial charge in [-0.05, 0) is 51.3 Å². The third-order valence-electron chi connectivity index (χ3n) is 4.68. The standard InChI is InChI=1S/C24H32N2O2S/c1-5-22(24(28)25-18(2)3)26(16-15-20-9-7-6-8-10-20)23(27)17-29-21-13-11-19(4)12-14-21/h6-14,18,22H,5,15-17H2,1-4H3,(H,25,28). The van der Waals surface area contributed by atoms with E-state index in [1.54, 1.807) is 4.90 Å². The van der Waals surface area contributed by atoms with Crippen molar-refractivity contribution in [1.82, 2.24) is 10.2 Å². The maximum atomic E-state index is 13.1. The molecule has 0 radical (unpaired) electrons. The molecular weight excluding hydrogens is 380 g/mol. The van der Waals surface area contributed by atoms with Crippen LogP contribution in [-0.2, 0) is 16.0 Å². The molecule has 1 atom stereocenters. The third-order valence-corrected chi connectivity index (χ3v) is 5.68. The van der Waals surface area contributed by atoms with Crippen LogP contribution in [0.5, 0.6) is 0 Å². The Morgan fingerprint density at radius 1 is 1.03 bits per heavy atom. The second kappa shape index (κ2) is 11.7. The summed E-state index contributed by atoms with van der Waals surface area (Å²) in [5.41, 5.74) is 2.36. The zero-order valence-corrected chi connectivity index (χ0v) is 18.7. The van der Waals surface area contributed by atoms with Crippen molar-refractivity contribution in [2.24, 2.45) is 0 Å². The summed E-state index contributed by atoms with van der Waals surface area (Å²) in [5, 5.41) is 2.97. The van der Waals surface area contributed by atoms with Gasteiger partial charge in [0.05, 0.1) is 5.75 Å². The zero-order valence-electron chi connectivity index (χ0n) is 17.9. The number of carbonyl (C=O) groups is 2. The summed E-state index contributed by atoms with van der Waals surface area (Å²) < 4.78 is 0. The predicted octanol–water partition coefficient (Wildman–Crippen LogP) is 4.46. The lowest BCUT2D eigenvalue weighted by Crippen LogP contribution is -2.51. The number of carbonyl (C=O) groups excluding carboxylic acids is 2. The molecule has 1 N–H and O–H groups in total. The van der Waals surface area contributed by atoms with E-state index >= 15 is 0 Å². The van der Waals surface area contributed by atoms with Gasteiger partial charge in [-0.3, -0.25) is 9.59 Å². The molecule has 29 heavy (non-hydrogen) atoms. The lowest BCUT2D eigenvalue weighted by Gasteiger charge is -2.31. The van der Waals surface area contributed by atoms with Crippen LogP contribution in [0, 0.1) is 6.92 Å². The van der Waals surface area contributed by atoms with Crippen molar-refractivity contribution in [1.29, 1.82) is 0 Å². The van der Waals surface area contributed by atoms with Crippen LogP contribution in [0.25, 0.3) is 0 Å². The summed E-state index contributed by atoms with van der Waals surface area (Å²) in [6.07, 6.45) is 1.32.